The molecular formula is C29H45N7O2. The molecule has 5 rings (SSSR count). The van der Waals surface area contributed by atoms with E-state index < -0.39 is 0 Å². The lowest BCUT2D eigenvalue weighted by atomic mass is 9.85. The molecule has 1 aromatic carbocycles. The summed E-state index contributed by atoms with van der Waals surface area (Å²) in [5.41, 5.74) is 2.16. The molecule has 208 valence electrons. The van der Waals surface area contributed by atoms with Crippen LogP contribution >= 0.6 is 0 Å². The van der Waals surface area contributed by atoms with E-state index in [4.69, 9.17) is 9.47 Å². The summed E-state index contributed by atoms with van der Waals surface area (Å²) in [6.07, 6.45) is 9.52. The fourth-order valence-corrected chi connectivity index (χ4v) is 5.91. The zero-order chi connectivity index (χ0) is 26.2. The average molecular weight is 524 g/mol. The van der Waals surface area contributed by atoms with Gasteiger partial charge in [0, 0.05) is 13.0 Å². The molecule has 0 bridgehead atoms. The third-order valence-electron chi connectivity index (χ3n) is 8.14. The molecule has 2 aliphatic rings. The number of aromatic nitrogens is 6. The van der Waals surface area contributed by atoms with Crippen molar-refractivity contribution in [3.05, 3.63) is 53.4 Å². The minimum atomic E-state index is -0.175. The van der Waals surface area contributed by atoms with E-state index in [0.717, 1.165) is 61.6 Å². The second-order valence-electron chi connectivity index (χ2n) is 11.8. The third-order valence-corrected chi connectivity index (χ3v) is 8.14. The first-order chi connectivity index (χ1) is 17.7. The maximum Gasteiger partial charge on any atom is 0.173 e. The number of ether oxygens (including phenoxy) is 2. The lowest BCUT2D eigenvalue weighted by Crippen LogP contribution is -2.31. The highest BCUT2D eigenvalue weighted by atomic mass is 16.5. The normalized spacial score (nSPS) is 24.1. The van der Waals surface area contributed by atoms with E-state index in [-0.39, 0.29) is 24.0 Å². The van der Waals surface area contributed by atoms with E-state index in [9.17, 15) is 0 Å². The minimum absolute atomic E-state index is 0. The molecule has 1 saturated heterocycles. The lowest BCUT2D eigenvalue weighted by Gasteiger charge is -2.35. The number of hydrogen-bond donors (Lipinski definition) is 1. The molecular weight excluding hydrogens is 478 g/mol. The molecule has 9 heteroatoms. The van der Waals surface area contributed by atoms with Gasteiger partial charge < -0.3 is 20.2 Å². The zero-order valence-corrected chi connectivity index (χ0v) is 23.9. The van der Waals surface area contributed by atoms with Crippen molar-refractivity contribution in [2.24, 2.45) is 7.05 Å². The average Bonchev–Trinajstić information content (AvgIpc) is 3.51. The second-order valence-corrected chi connectivity index (χ2v) is 11.8. The summed E-state index contributed by atoms with van der Waals surface area (Å²) in [4.78, 5) is 0. The number of rotatable bonds is 7. The van der Waals surface area contributed by atoms with E-state index in [1.165, 1.54) is 12.0 Å². The smallest absolute Gasteiger partial charge is 0.173 e. The van der Waals surface area contributed by atoms with Gasteiger partial charge >= 0.3 is 0 Å². The molecule has 3 aromatic rings. The fourth-order valence-electron chi connectivity index (χ4n) is 5.91. The molecule has 1 saturated carbocycles. The molecule has 2 atom stereocenters. The van der Waals surface area contributed by atoms with Crippen molar-refractivity contribution in [1.82, 2.24) is 35.9 Å². The van der Waals surface area contributed by atoms with Crippen LogP contribution in [0.25, 0.3) is 0 Å². The van der Waals surface area contributed by atoms with Gasteiger partial charge in [-0.3, -0.25) is 0 Å². The van der Waals surface area contributed by atoms with Crippen LogP contribution in [0, 0.1) is 0 Å². The van der Waals surface area contributed by atoms with Crippen molar-refractivity contribution >= 4 is 0 Å². The standard InChI is InChI=1S/C29H42N6O2.H3N/c1-19(2)22-9-7-10-24(17-22)36-20(3)27-31-32-28(34(27)6)21-12-14-23(15-13-21)35-18-25(30-33-35)26-11-8-16-29(4,5)37-26;/h7,9-10,17-21,23,26H,8,11-16H2,1-6H3;1H3/t20-,21?,23?,26?;/m1./s1. The van der Waals surface area contributed by atoms with Crippen LogP contribution in [0.4, 0.5) is 0 Å². The molecule has 2 aromatic heterocycles. The molecule has 3 N–H and O–H groups in total. The van der Waals surface area contributed by atoms with Gasteiger partial charge in [0.1, 0.15) is 23.4 Å². The first-order valence-electron chi connectivity index (χ1n) is 14.0. The van der Waals surface area contributed by atoms with Crippen molar-refractivity contribution < 1.29 is 9.47 Å². The summed E-state index contributed by atoms with van der Waals surface area (Å²) in [7, 11) is 2.07. The number of nitrogens with zero attached hydrogens (tertiary/aromatic N) is 6. The highest BCUT2D eigenvalue weighted by molar-refractivity contribution is 5.30. The number of benzene rings is 1. The van der Waals surface area contributed by atoms with E-state index in [1.54, 1.807) is 0 Å². The zero-order valence-electron chi connectivity index (χ0n) is 23.9. The molecule has 1 unspecified atom stereocenters. The van der Waals surface area contributed by atoms with Crippen molar-refractivity contribution in [1.29, 1.82) is 0 Å². The Morgan fingerprint density at radius 1 is 1.03 bits per heavy atom. The summed E-state index contributed by atoms with van der Waals surface area (Å²) in [5, 5.41) is 18.1. The lowest BCUT2D eigenvalue weighted by molar-refractivity contribution is -0.110. The highest BCUT2D eigenvalue weighted by Crippen LogP contribution is 2.39. The van der Waals surface area contributed by atoms with E-state index in [0.29, 0.717) is 17.9 Å². The van der Waals surface area contributed by atoms with Crippen LogP contribution in [0.15, 0.2) is 30.5 Å². The van der Waals surface area contributed by atoms with Gasteiger partial charge in [-0.1, -0.05) is 31.2 Å². The van der Waals surface area contributed by atoms with Gasteiger partial charge in [-0.25, -0.2) is 4.68 Å². The van der Waals surface area contributed by atoms with Crippen molar-refractivity contribution in [3.63, 3.8) is 0 Å². The summed E-state index contributed by atoms with van der Waals surface area (Å²) in [5.74, 6) is 3.65. The van der Waals surface area contributed by atoms with Gasteiger partial charge in [-0.15, -0.1) is 15.3 Å². The van der Waals surface area contributed by atoms with Gasteiger partial charge in [-0.05, 0) is 89.3 Å². The maximum absolute atomic E-state index is 6.28. The van der Waals surface area contributed by atoms with Crippen LogP contribution in [0.5, 0.6) is 5.75 Å². The third kappa shape index (κ3) is 6.10. The van der Waals surface area contributed by atoms with Crippen molar-refractivity contribution in [2.45, 2.75) is 115 Å². The molecule has 1 aliphatic carbocycles. The molecule has 0 spiro atoms. The van der Waals surface area contributed by atoms with Gasteiger partial charge in [0.05, 0.1) is 17.8 Å². The van der Waals surface area contributed by atoms with Crippen LogP contribution in [-0.4, -0.2) is 35.4 Å². The Morgan fingerprint density at radius 2 is 1.79 bits per heavy atom. The molecule has 0 amide bonds. The fraction of sp³-hybridized carbons (Fsp3) is 0.655. The Hall–Kier alpha value is -2.78. The quantitative estimate of drug-likeness (QED) is 0.364. The first kappa shape index (κ1) is 28.2. The van der Waals surface area contributed by atoms with Gasteiger partial charge in [0.25, 0.3) is 0 Å². The summed E-state index contributed by atoms with van der Waals surface area (Å²) >= 11 is 0. The van der Waals surface area contributed by atoms with Crippen LogP contribution in [-0.2, 0) is 11.8 Å². The van der Waals surface area contributed by atoms with Gasteiger partial charge in [0.2, 0.25) is 0 Å². The Balaban J connectivity index is 0.00000336. The van der Waals surface area contributed by atoms with Crippen LogP contribution < -0.4 is 10.9 Å². The predicted octanol–water partition coefficient (Wildman–Crippen LogP) is 6.75. The Morgan fingerprint density at radius 3 is 2.50 bits per heavy atom. The molecule has 38 heavy (non-hydrogen) atoms. The topological polar surface area (TPSA) is 115 Å². The van der Waals surface area contributed by atoms with Crippen LogP contribution in [0.2, 0.25) is 0 Å². The SMILES string of the molecule is CC(C)c1cccc(O[C@H](C)c2nnc(C3CCC(n4cc(C5CCCC(C)(C)O5)nn4)CC3)n2C)c1.N. The van der Waals surface area contributed by atoms with Gasteiger partial charge in [0.15, 0.2) is 11.9 Å². The predicted molar refractivity (Wildman–Crippen MR) is 148 cm³/mol. The largest absolute Gasteiger partial charge is 0.483 e. The monoisotopic (exact) mass is 523 g/mol. The highest BCUT2D eigenvalue weighted by Gasteiger charge is 2.33. The molecule has 2 fully saturated rings. The van der Waals surface area contributed by atoms with Crippen molar-refractivity contribution in [3.8, 4) is 5.75 Å². The second kappa shape index (κ2) is 11.5. The molecule has 0 radical (unpaired) electrons. The van der Waals surface area contributed by atoms with Crippen LogP contribution in [0.3, 0.4) is 0 Å². The van der Waals surface area contributed by atoms with E-state index in [2.05, 4.69) is 88.9 Å². The minimum Gasteiger partial charge on any atom is -0.483 e. The Bertz CT molecular complexity index is 1190. The van der Waals surface area contributed by atoms with E-state index >= 15 is 0 Å². The summed E-state index contributed by atoms with van der Waals surface area (Å²) in [6.45, 7) is 10.8. The van der Waals surface area contributed by atoms with Crippen LogP contribution in [0.1, 0.15) is 133 Å². The Labute approximate surface area is 226 Å². The van der Waals surface area contributed by atoms with Crippen molar-refractivity contribution in [2.75, 3.05) is 0 Å². The van der Waals surface area contributed by atoms with Gasteiger partial charge in [-0.2, -0.15) is 0 Å². The summed E-state index contributed by atoms with van der Waals surface area (Å²) in [6, 6.07) is 8.70. The Kier molecular flexibility index (Phi) is 8.57. The molecule has 3 heterocycles. The number of hydrogen-bond acceptors (Lipinski definition) is 7. The summed E-state index contributed by atoms with van der Waals surface area (Å²) < 4.78 is 16.7. The maximum atomic E-state index is 6.28. The van der Waals surface area contributed by atoms with E-state index in [1.807, 2.05) is 13.0 Å². The molecule has 1 aliphatic heterocycles. The first-order valence-corrected chi connectivity index (χ1v) is 14.0. The molecule has 9 nitrogen and oxygen atoms in total.